The van der Waals surface area contributed by atoms with E-state index in [9.17, 15) is 0 Å². The molecular weight excluding hydrogens is 355 g/mol. The Hall–Kier alpha value is -0.170. The molecule has 4 heteroatoms. The number of alkyl halides is 1. The van der Waals surface area contributed by atoms with E-state index in [1.165, 1.54) is 11.1 Å². The molecule has 1 aromatic rings. The van der Waals surface area contributed by atoms with Crippen LogP contribution in [-0.4, -0.2) is 38.0 Å². The zero-order valence-electron chi connectivity index (χ0n) is 11.7. The van der Waals surface area contributed by atoms with E-state index in [-0.39, 0.29) is 6.10 Å². The molecule has 108 valence electrons. The summed E-state index contributed by atoms with van der Waals surface area (Å²) in [6.45, 7) is 4.88. The molecule has 0 aromatic heterocycles. The Morgan fingerprint density at radius 3 is 2.58 bits per heavy atom. The van der Waals surface area contributed by atoms with Gasteiger partial charge in [0.15, 0.2) is 0 Å². The highest BCUT2D eigenvalue weighted by atomic mass is 127. The predicted molar refractivity (Wildman–Crippen MR) is 86.1 cm³/mol. The minimum atomic E-state index is 0.157. The normalized spacial score (nSPS) is 12.6. The first-order chi connectivity index (χ1) is 9.29. The van der Waals surface area contributed by atoms with E-state index < -0.39 is 0 Å². The van der Waals surface area contributed by atoms with Gasteiger partial charge in [-0.1, -0.05) is 46.9 Å². The molecule has 0 radical (unpaired) electrons. The molecule has 0 bridgehead atoms. The predicted octanol–water partition coefficient (Wildman–Crippen LogP) is 3.54. The second kappa shape index (κ2) is 10.6. The third kappa shape index (κ3) is 6.70. The molecular formula is C15H23IO3. The van der Waals surface area contributed by atoms with Crippen molar-refractivity contribution in [1.82, 2.24) is 0 Å². The van der Waals surface area contributed by atoms with E-state index in [0.29, 0.717) is 13.2 Å². The highest BCUT2D eigenvalue weighted by Gasteiger charge is 2.12. The van der Waals surface area contributed by atoms with Gasteiger partial charge in [-0.05, 0) is 24.5 Å². The standard InChI is InChI=1S/C15H23IO3/c1-13-6-3-4-7-14(13)15(12-16)19-11-10-18-9-5-8-17-2/h3-4,6-7,15H,5,8-12H2,1-2H3. The fraction of sp³-hybridized carbons (Fsp3) is 0.600. The topological polar surface area (TPSA) is 27.7 Å². The average molecular weight is 378 g/mol. The Morgan fingerprint density at radius 2 is 1.89 bits per heavy atom. The fourth-order valence-electron chi connectivity index (χ4n) is 1.82. The van der Waals surface area contributed by atoms with Gasteiger partial charge in [0.2, 0.25) is 0 Å². The van der Waals surface area contributed by atoms with Gasteiger partial charge in [-0.2, -0.15) is 0 Å². The summed E-state index contributed by atoms with van der Waals surface area (Å²) < 4.78 is 17.3. The molecule has 19 heavy (non-hydrogen) atoms. The van der Waals surface area contributed by atoms with Gasteiger partial charge in [0.05, 0.1) is 19.3 Å². The molecule has 0 aliphatic heterocycles. The summed E-state index contributed by atoms with van der Waals surface area (Å²) in [5, 5.41) is 0. The van der Waals surface area contributed by atoms with Gasteiger partial charge < -0.3 is 14.2 Å². The van der Waals surface area contributed by atoms with Crippen molar-refractivity contribution in [3.8, 4) is 0 Å². The van der Waals surface area contributed by atoms with Crippen molar-refractivity contribution in [1.29, 1.82) is 0 Å². The Bertz CT molecular complexity index is 344. The van der Waals surface area contributed by atoms with Crippen LogP contribution in [0.2, 0.25) is 0 Å². The minimum Gasteiger partial charge on any atom is -0.385 e. The lowest BCUT2D eigenvalue weighted by Crippen LogP contribution is -2.12. The van der Waals surface area contributed by atoms with E-state index in [2.05, 4.69) is 53.8 Å². The molecule has 0 heterocycles. The highest BCUT2D eigenvalue weighted by Crippen LogP contribution is 2.22. The zero-order valence-corrected chi connectivity index (χ0v) is 13.9. The number of hydrogen-bond donors (Lipinski definition) is 0. The summed E-state index contributed by atoms with van der Waals surface area (Å²) in [7, 11) is 1.70. The third-order valence-electron chi connectivity index (χ3n) is 2.86. The van der Waals surface area contributed by atoms with Gasteiger partial charge in [0.25, 0.3) is 0 Å². The second-order valence-corrected chi connectivity index (χ2v) is 5.21. The first kappa shape index (κ1) is 16.9. The molecule has 0 N–H and O–H groups in total. The molecule has 1 rings (SSSR count). The van der Waals surface area contributed by atoms with E-state index in [1.54, 1.807) is 7.11 Å². The van der Waals surface area contributed by atoms with Crippen LogP contribution in [0.15, 0.2) is 24.3 Å². The molecule has 0 aliphatic rings. The van der Waals surface area contributed by atoms with Crippen molar-refractivity contribution < 1.29 is 14.2 Å². The van der Waals surface area contributed by atoms with E-state index in [0.717, 1.165) is 24.1 Å². The van der Waals surface area contributed by atoms with E-state index in [4.69, 9.17) is 14.2 Å². The van der Waals surface area contributed by atoms with Crippen LogP contribution in [0.1, 0.15) is 23.7 Å². The largest absolute Gasteiger partial charge is 0.385 e. The molecule has 0 saturated carbocycles. The number of benzene rings is 1. The van der Waals surface area contributed by atoms with Crippen LogP contribution in [-0.2, 0) is 14.2 Å². The second-order valence-electron chi connectivity index (χ2n) is 4.33. The monoisotopic (exact) mass is 378 g/mol. The van der Waals surface area contributed by atoms with Crippen molar-refractivity contribution >= 4 is 22.6 Å². The number of ether oxygens (including phenoxy) is 3. The van der Waals surface area contributed by atoms with Crippen LogP contribution in [0.4, 0.5) is 0 Å². The molecule has 0 fully saturated rings. The van der Waals surface area contributed by atoms with E-state index in [1.807, 2.05) is 0 Å². The molecule has 1 aromatic carbocycles. The fourth-order valence-corrected chi connectivity index (χ4v) is 2.55. The van der Waals surface area contributed by atoms with Crippen LogP contribution in [0.5, 0.6) is 0 Å². The summed E-state index contributed by atoms with van der Waals surface area (Å²) in [6, 6.07) is 8.38. The summed E-state index contributed by atoms with van der Waals surface area (Å²) in [5.74, 6) is 0. The van der Waals surface area contributed by atoms with Gasteiger partial charge >= 0.3 is 0 Å². The number of rotatable bonds is 10. The van der Waals surface area contributed by atoms with Gasteiger partial charge in [-0.3, -0.25) is 0 Å². The Morgan fingerprint density at radius 1 is 1.11 bits per heavy atom. The summed E-state index contributed by atoms with van der Waals surface area (Å²) >= 11 is 2.37. The van der Waals surface area contributed by atoms with Gasteiger partial charge in [0, 0.05) is 24.8 Å². The number of methoxy groups -OCH3 is 1. The summed E-state index contributed by atoms with van der Waals surface area (Å²) in [4.78, 5) is 0. The molecule has 0 saturated heterocycles. The van der Waals surface area contributed by atoms with Crippen LogP contribution in [0.25, 0.3) is 0 Å². The van der Waals surface area contributed by atoms with Crippen molar-refractivity contribution in [3.63, 3.8) is 0 Å². The van der Waals surface area contributed by atoms with E-state index >= 15 is 0 Å². The van der Waals surface area contributed by atoms with Crippen LogP contribution in [0, 0.1) is 6.92 Å². The van der Waals surface area contributed by atoms with Gasteiger partial charge in [-0.15, -0.1) is 0 Å². The summed E-state index contributed by atoms with van der Waals surface area (Å²) in [5.41, 5.74) is 2.56. The molecule has 1 atom stereocenters. The quantitative estimate of drug-likeness (QED) is 0.354. The lowest BCUT2D eigenvalue weighted by Gasteiger charge is -2.18. The minimum absolute atomic E-state index is 0.157. The highest BCUT2D eigenvalue weighted by molar-refractivity contribution is 14.1. The van der Waals surface area contributed by atoms with Crippen LogP contribution < -0.4 is 0 Å². The van der Waals surface area contributed by atoms with Crippen molar-refractivity contribution in [2.75, 3.05) is 38.0 Å². The maximum Gasteiger partial charge on any atom is 0.0917 e. The maximum atomic E-state index is 5.90. The molecule has 0 amide bonds. The maximum absolute atomic E-state index is 5.90. The Kier molecular flexibility index (Phi) is 9.42. The lowest BCUT2D eigenvalue weighted by molar-refractivity contribution is 0.0102. The first-order valence-corrected chi connectivity index (χ1v) is 8.12. The average Bonchev–Trinajstić information content (AvgIpc) is 2.43. The molecule has 0 aliphatic carbocycles. The van der Waals surface area contributed by atoms with Crippen LogP contribution in [0.3, 0.4) is 0 Å². The smallest absolute Gasteiger partial charge is 0.0917 e. The Balaban J connectivity index is 2.24. The molecule has 1 unspecified atom stereocenters. The number of aryl methyl sites for hydroxylation is 1. The molecule has 3 nitrogen and oxygen atoms in total. The third-order valence-corrected chi connectivity index (χ3v) is 3.66. The van der Waals surface area contributed by atoms with Gasteiger partial charge in [0.1, 0.15) is 0 Å². The SMILES string of the molecule is COCCCOCCOC(CI)c1ccccc1C. The number of halogens is 1. The summed E-state index contributed by atoms with van der Waals surface area (Å²) in [6.07, 6.45) is 1.09. The first-order valence-electron chi connectivity index (χ1n) is 6.59. The van der Waals surface area contributed by atoms with Crippen LogP contribution >= 0.6 is 22.6 Å². The lowest BCUT2D eigenvalue weighted by atomic mass is 10.0. The van der Waals surface area contributed by atoms with Gasteiger partial charge in [-0.25, -0.2) is 0 Å². The zero-order chi connectivity index (χ0) is 13.9. The Labute approximate surface area is 129 Å². The number of hydrogen-bond acceptors (Lipinski definition) is 3. The van der Waals surface area contributed by atoms with Crippen molar-refractivity contribution in [2.24, 2.45) is 0 Å². The molecule has 0 spiro atoms. The van der Waals surface area contributed by atoms with Crippen molar-refractivity contribution in [2.45, 2.75) is 19.4 Å². The van der Waals surface area contributed by atoms with Crippen molar-refractivity contribution in [3.05, 3.63) is 35.4 Å².